The van der Waals surface area contributed by atoms with Crippen LogP contribution in [0, 0.1) is 0 Å². The van der Waals surface area contributed by atoms with E-state index in [0.717, 1.165) is 10.6 Å². The number of imidazole rings is 1. The van der Waals surface area contributed by atoms with Gasteiger partial charge >= 0.3 is 12.5 Å². The number of nitrogens with one attached hydrogen (secondary N) is 1. The maximum atomic E-state index is 14.0. The smallest absolute Gasteiger partial charge is 0.395 e. The molecule has 4 aromatic rings. The van der Waals surface area contributed by atoms with Crippen LogP contribution in [0.1, 0.15) is 40.4 Å². The Labute approximate surface area is 241 Å². The molecule has 1 amide bonds. The number of benzene rings is 2. The van der Waals surface area contributed by atoms with Gasteiger partial charge in [0.2, 0.25) is 5.82 Å². The molecular weight excluding hydrogens is 603 g/mol. The van der Waals surface area contributed by atoms with Gasteiger partial charge in [-0.15, -0.1) is 8.78 Å². The molecule has 0 bridgehead atoms. The van der Waals surface area contributed by atoms with Gasteiger partial charge in [-0.1, -0.05) is 19.1 Å². The molecule has 10 nitrogen and oxygen atoms in total. The van der Waals surface area contributed by atoms with Gasteiger partial charge in [-0.3, -0.25) is 9.78 Å². The molecule has 16 heteroatoms. The van der Waals surface area contributed by atoms with Gasteiger partial charge in [0.05, 0.1) is 46.6 Å². The average molecular weight is 627 g/mol. The van der Waals surface area contributed by atoms with E-state index in [1.807, 2.05) is 0 Å². The van der Waals surface area contributed by atoms with Crippen molar-refractivity contribution < 1.29 is 49.4 Å². The van der Waals surface area contributed by atoms with Crippen molar-refractivity contribution in [1.29, 1.82) is 0 Å². The molecule has 2 aromatic heterocycles. The molecule has 3 heterocycles. The molecule has 1 aliphatic rings. The molecule has 0 radical (unpaired) electrons. The van der Waals surface area contributed by atoms with Gasteiger partial charge in [-0.25, -0.2) is 13.4 Å². The Kier molecular flexibility index (Phi) is 7.77. The van der Waals surface area contributed by atoms with Crippen molar-refractivity contribution in [3.05, 3.63) is 77.4 Å². The summed E-state index contributed by atoms with van der Waals surface area (Å²) in [7, 11) is -2.12. The van der Waals surface area contributed by atoms with Gasteiger partial charge < -0.3 is 24.1 Å². The molecule has 1 unspecified atom stereocenters. The lowest BCUT2D eigenvalue weighted by Crippen LogP contribution is -2.32. The number of sulfone groups is 1. The summed E-state index contributed by atoms with van der Waals surface area (Å²) in [5.74, 6) is -2.83. The first-order valence-corrected chi connectivity index (χ1v) is 14.3. The molecule has 5 rings (SSSR count). The number of pyridine rings is 1. The van der Waals surface area contributed by atoms with Crippen molar-refractivity contribution >= 4 is 26.8 Å². The van der Waals surface area contributed by atoms with Crippen LogP contribution in [-0.4, -0.2) is 54.6 Å². The van der Waals surface area contributed by atoms with Crippen LogP contribution in [0.15, 0.2) is 59.6 Å². The Hall–Kier alpha value is -4.31. The van der Waals surface area contributed by atoms with Gasteiger partial charge in [0.1, 0.15) is 0 Å². The Morgan fingerprint density at radius 1 is 1.14 bits per heavy atom. The van der Waals surface area contributed by atoms with Crippen molar-refractivity contribution in [3.63, 3.8) is 0 Å². The minimum absolute atomic E-state index is 0.00560. The monoisotopic (exact) mass is 626 g/mol. The molecule has 0 saturated heterocycles. The minimum atomic E-state index is -4.92. The van der Waals surface area contributed by atoms with E-state index in [-0.39, 0.29) is 45.2 Å². The number of para-hydroxylation sites is 1. The summed E-state index contributed by atoms with van der Waals surface area (Å²) in [5, 5.41) is 2.68. The summed E-state index contributed by atoms with van der Waals surface area (Å²) in [6, 6.07) is 9.54. The maximum Gasteiger partial charge on any atom is 0.586 e. The molecule has 1 N–H and O–H groups in total. The highest BCUT2D eigenvalue weighted by Crippen LogP contribution is 2.44. The first kappa shape index (κ1) is 30.2. The van der Waals surface area contributed by atoms with Crippen LogP contribution < -0.4 is 14.8 Å². The highest BCUT2D eigenvalue weighted by Gasteiger charge is 2.45. The molecule has 43 heavy (non-hydrogen) atoms. The SMILES string of the molecule is CCS(=O)(=O)c1ccc(C(COC)NC(=O)c2ccc3c(c2)nc(C(F)(F)F)n3Cc2cccc3c2OC(F)(F)O3)nc1. The number of methoxy groups -OCH3 is 1. The lowest BCUT2D eigenvalue weighted by molar-refractivity contribution is -0.287. The second-order valence-corrected chi connectivity index (χ2v) is 11.7. The Morgan fingerprint density at radius 3 is 2.56 bits per heavy atom. The normalized spacial score (nSPS) is 15.0. The fourth-order valence-electron chi connectivity index (χ4n) is 4.53. The van der Waals surface area contributed by atoms with Crippen molar-refractivity contribution in [3.8, 4) is 11.5 Å². The second-order valence-electron chi connectivity index (χ2n) is 9.44. The van der Waals surface area contributed by atoms with Gasteiger partial charge in [0.15, 0.2) is 21.3 Å². The maximum absolute atomic E-state index is 14.0. The van der Waals surface area contributed by atoms with Crippen LogP contribution in [0.5, 0.6) is 11.5 Å². The zero-order valence-corrected chi connectivity index (χ0v) is 23.3. The first-order valence-electron chi connectivity index (χ1n) is 12.7. The van der Waals surface area contributed by atoms with Crippen LogP contribution in [0.4, 0.5) is 22.0 Å². The molecule has 0 saturated carbocycles. The number of carbonyl (C=O) groups is 1. The topological polar surface area (TPSA) is 122 Å². The van der Waals surface area contributed by atoms with E-state index in [9.17, 15) is 35.2 Å². The number of fused-ring (bicyclic) bond motifs is 2. The first-order chi connectivity index (χ1) is 20.2. The van der Waals surface area contributed by atoms with E-state index in [1.54, 1.807) is 0 Å². The Morgan fingerprint density at radius 2 is 1.91 bits per heavy atom. The number of halogens is 5. The van der Waals surface area contributed by atoms with Gasteiger partial charge in [0.25, 0.3) is 5.91 Å². The predicted octanol–water partition coefficient (Wildman–Crippen LogP) is 4.73. The molecule has 1 atom stereocenters. The van der Waals surface area contributed by atoms with Crippen LogP contribution in [-0.2, 0) is 27.3 Å². The second kappa shape index (κ2) is 11.1. The molecule has 0 fully saturated rings. The number of rotatable bonds is 9. The third-order valence-electron chi connectivity index (χ3n) is 6.60. The van der Waals surface area contributed by atoms with Crippen LogP contribution >= 0.6 is 0 Å². The molecular formula is C27H23F5N4O6S. The number of hydrogen-bond acceptors (Lipinski definition) is 8. The fourth-order valence-corrected chi connectivity index (χ4v) is 5.35. The van der Waals surface area contributed by atoms with Crippen LogP contribution in [0.25, 0.3) is 11.0 Å². The summed E-state index contributed by atoms with van der Waals surface area (Å²) in [4.78, 5) is 21.0. The van der Waals surface area contributed by atoms with E-state index in [2.05, 4.69) is 24.8 Å². The summed E-state index contributed by atoms with van der Waals surface area (Å²) < 4.78 is 108. The van der Waals surface area contributed by atoms with Crippen molar-refractivity contribution in [1.82, 2.24) is 19.9 Å². The fraction of sp³-hybridized carbons (Fsp3) is 0.296. The summed E-state index contributed by atoms with van der Waals surface area (Å²) in [6.45, 7) is 0.914. The number of ether oxygens (including phenoxy) is 3. The number of amides is 1. The lowest BCUT2D eigenvalue weighted by atomic mass is 10.1. The minimum Gasteiger partial charge on any atom is -0.395 e. The zero-order chi connectivity index (χ0) is 31.2. The summed E-state index contributed by atoms with van der Waals surface area (Å²) in [6.07, 6.45) is -7.72. The number of alkyl halides is 5. The van der Waals surface area contributed by atoms with E-state index < -0.39 is 52.4 Å². The van der Waals surface area contributed by atoms with Gasteiger partial charge in [0, 0.05) is 24.4 Å². The van der Waals surface area contributed by atoms with Crippen molar-refractivity contribution in [2.75, 3.05) is 19.5 Å². The third kappa shape index (κ3) is 6.10. The van der Waals surface area contributed by atoms with Crippen LogP contribution in [0.2, 0.25) is 0 Å². The number of hydrogen-bond donors (Lipinski definition) is 1. The largest absolute Gasteiger partial charge is 0.586 e. The third-order valence-corrected chi connectivity index (χ3v) is 8.32. The van der Waals surface area contributed by atoms with E-state index >= 15 is 0 Å². The standard InChI is InChI=1S/C27H23F5N4O6S/c1-3-43(38,39)17-8-9-18(33-12-17)20(14-40-2)34-24(37)15-7-10-21-19(11-15)35-25(26(28,29)30)36(21)13-16-5-4-6-22-23(16)42-27(31,32)41-22/h4-12,20H,3,13-14H2,1-2H3,(H,34,37). The Balaban J connectivity index is 1.45. The van der Waals surface area contributed by atoms with E-state index in [0.29, 0.717) is 5.69 Å². The molecule has 1 aliphatic heterocycles. The molecule has 0 spiro atoms. The quantitative estimate of drug-likeness (QED) is 0.265. The van der Waals surface area contributed by atoms with Gasteiger partial charge in [-0.05, 0) is 36.4 Å². The lowest BCUT2D eigenvalue weighted by Gasteiger charge is -2.18. The summed E-state index contributed by atoms with van der Waals surface area (Å²) in [5.41, 5.74) is 0.0609. The van der Waals surface area contributed by atoms with E-state index in [1.165, 1.54) is 62.7 Å². The average Bonchev–Trinajstić information content (AvgIpc) is 3.49. The van der Waals surface area contributed by atoms with Crippen molar-refractivity contribution in [2.45, 2.75) is 36.9 Å². The van der Waals surface area contributed by atoms with Gasteiger partial charge in [-0.2, -0.15) is 13.2 Å². The molecule has 2 aromatic carbocycles. The van der Waals surface area contributed by atoms with Crippen molar-refractivity contribution in [2.24, 2.45) is 0 Å². The highest BCUT2D eigenvalue weighted by atomic mass is 32.2. The molecule has 228 valence electrons. The zero-order valence-electron chi connectivity index (χ0n) is 22.5. The van der Waals surface area contributed by atoms with Crippen LogP contribution in [0.3, 0.4) is 0 Å². The Bertz CT molecular complexity index is 1790. The summed E-state index contributed by atoms with van der Waals surface area (Å²) >= 11 is 0. The predicted molar refractivity (Wildman–Crippen MR) is 141 cm³/mol. The number of aromatic nitrogens is 3. The number of carbonyl (C=O) groups excluding carboxylic acids is 1. The highest BCUT2D eigenvalue weighted by molar-refractivity contribution is 7.91. The molecule has 0 aliphatic carbocycles. The number of nitrogens with zero attached hydrogens (tertiary/aromatic N) is 3. The van der Waals surface area contributed by atoms with E-state index in [4.69, 9.17) is 4.74 Å².